The lowest BCUT2D eigenvalue weighted by Crippen LogP contribution is -2.48. The van der Waals surface area contributed by atoms with Gasteiger partial charge in [0.05, 0.1) is 6.26 Å². The summed E-state index contributed by atoms with van der Waals surface area (Å²) in [5, 5.41) is 1.02. The number of hydrogen-bond donors (Lipinski definition) is 0. The highest BCUT2D eigenvalue weighted by molar-refractivity contribution is 7.98. The Morgan fingerprint density at radius 3 is 2.42 bits per heavy atom. The zero-order valence-corrected chi connectivity index (χ0v) is 13.1. The van der Waals surface area contributed by atoms with Gasteiger partial charge in [0.1, 0.15) is 11.0 Å². The van der Waals surface area contributed by atoms with Gasteiger partial charge in [0.15, 0.2) is 5.16 Å². The molecular weight excluding hydrogens is 308 g/mol. The van der Waals surface area contributed by atoms with Crippen LogP contribution in [0.25, 0.3) is 0 Å². The van der Waals surface area contributed by atoms with Gasteiger partial charge < -0.3 is 4.90 Å². The average molecular weight is 323 g/mol. The number of aromatic nitrogens is 2. The van der Waals surface area contributed by atoms with Crippen molar-refractivity contribution in [2.75, 3.05) is 43.6 Å². The third kappa shape index (κ3) is 3.71. The maximum absolute atomic E-state index is 11.4. The molecule has 0 atom stereocenters. The smallest absolute Gasteiger partial charge is 0.211 e. The highest BCUT2D eigenvalue weighted by Crippen LogP contribution is 2.21. The first-order valence-electron chi connectivity index (χ1n) is 5.69. The second kappa shape index (κ2) is 5.82. The fraction of sp³-hybridized carbons (Fsp3) is 0.600. The van der Waals surface area contributed by atoms with Crippen molar-refractivity contribution in [1.29, 1.82) is 0 Å². The van der Waals surface area contributed by atoms with Crippen molar-refractivity contribution >= 4 is 39.2 Å². The van der Waals surface area contributed by atoms with Crippen LogP contribution in [0, 0.1) is 0 Å². The molecule has 6 nitrogen and oxygen atoms in total. The Labute approximate surface area is 122 Å². The van der Waals surface area contributed by atoms with Crippen LogP contribution >= 0.6 is 23.4 Å². The highest BCUT2D eigenvalue weighted by Gasteiger charge is 2.24. The van der Waals surface area contributed by atoms with Crippen molar-refractivity contribution in [2.45, 2.75) is 5.16 Å². The summed E-state index contributed by atoms with van der Waals surface area (Å²) in [5.41, 5.74) is 0. The molecule has 1 aliphatic heterocycles. The Hall–Kier alpha value is -0.570. The molecule has 9 heteroatoms. The molecule has 0 unspecified atom stereocenters. The van der Waals surface area contributed by atoms with Gasteiger partial charge in [0.2, 0.25) is 10.0 Å². The number of anilines is 1. The summed E-state index contributed by atoms with van der Waals surface area (Å²) < 4.78 is 24.4. The summed E-state index contributed by atoms with van der Waals surface area (Å²) in [6.07, 6.45) is 3.12. The summed E-state index contributed by atoms with van der Waals surface area (Å²) in [6, 6.07) is 1.71. The normalized spacial score (nSPS) is 17.7. The first kappa shape index (κ1) is 14.8. The zero-order chi connectivity index (χ0) is 14.0. The summed E-state index contributed by atoms with van der Waals surface area (Å²) in [5.74, 6) is 0.748. The van der Waals surface area contributed by atoms with Crippen molar-refractivity contribution in [3.8, 4) is 0 Å². The molecule has 0 bridgehead atoms. The Balaban J connectivity index is 2.11. The van der Waals surface area contributed by atoms with Crippen LogP contribution in [0.1, 0.15) is 0 Å². The molecule has 1 aromatic rings. The molecule has 106 valence electrons. The summed E-state index contributed by atoms with van der Waals surface area (Å²) in [7, 11) is -3.11. The van der Waals surface area contributed by atoms with Gasteiger partial charge in [-0.25, -0.2) is 18.4 Å². The molecule has 0 N–H and O–H groups in total. The molecule has 2 heterocycles. The van der Waals surface area contributed by atoms with E-state index < -0.39 is 10.0 Å². The van der Waals surface area contributed by atoms with E-state index >= 15 is 0 Å². The summed E-state index contributed by atoms with van der Waals surface area (Å²) >= 11 is 7.38. The predicted octanol–water partition coefficient (Wildman–Crippen LogP) is 0.933. The lowest BCUT2D eigenvalue weighted by Gasteiger charge is -2.34. The van der Waals surface area contributed by atoms with Gasteiger partial charge in [-0.1, -0.05) is 23.4 Å². The van der Waals surface area contributed by atoms with E-state index in [1.165, 1.54) is 22.3 Å². The maximum atomic E-state index is 11.4. The molecule has 19 heavy (non-hydrogen) atoms. The number of halogens is 1. The minimum Gasteiger partial charge on any atom is -0.354 e. The van der Waals surface area contributed by atoms with Crippen molar-refractivity contribution in [3.63, 3.8) is 0 Å². The molecular formula is C10H15ClN4O2S2. The SMILES string of the molecule is CSc1nc(Cl)cc(N2CCN(S(C)(=O)=O)CC2)n1. The molecule has 0 radical (unpaired) electrons. The number of sulfonamides is 1. The Morgan fingerprint density at radius 1 is 1.26 bits per heavy atom. The Bertz CT molecular complexity index is 559. The minimum absolute atomic E-state index is 0.403. The summed E-state index contributed by atoms with van der Waals surface area (Å²) in [4.78, 5) is 10.5. The standard InChI is InChI=1S/C10H15ClN4O2S2/c1-18-10-12-8(11)7-9(13-10)14-3-5-15(6-4-14)19(2,16)17/h7H,3-6H2,1-2H3. The number of hydrogen-bond acceptors (Lipinski definition) is 6. The van der Waals surface area contributed by atoms with E-state index in [2.05, 4.69) is 9.97 Å². The number of rotatable bonds is 3. The fourth-order valence-corrected chi connectivity index (χ4v) is 3.32. The van der Waals surface area contributed by atoms with Gasteiger partial charge >= 0.3 is 0 Å². The second-order valence-electron chi connectivity index (χ2n) is 4.18. The van der Waals surface area contributed by atoms with Crippen molar-refractivity contribution in [2.24, 2.45) is 0 Å². The van der Waals surface area contributed by atoms with E-state index in [0.717, 1.165) is 5.82 Å². The van der Waals surface area contributed by atoms with Gasteiger partial charge in [-0.05, 0) is 6.26 Å². The second-order valence-corrected chi connectivity index (χ2v) is 7.33. The molecule has 1 aromatic heterocycles. The summed E-state index contributed by atoms with van der Waals surface area (Å²) in [6.45, 7) is 2.15. The third-order valence-corrected chi connectivity index (χ3v) is 4.92. The maximum Gasteiger partial charge on any atom is 0.211 e. The van der Waals surface area contributed by atoms with Crippen LogP contribution in [-0.4, -0.2) is 61.4 Å². The van der Waals surface area contributed by atoms with Crippen LogP contribution in [0.15, 0.2) is 11.2 Å². The van der Waals surface area contributed by atoms with E-state index in [9.17, 15) is 8.42 Å². The van der Waals surface area contributed by atoms with Crippen molar-refractivity contribution < 1.29 is 8.42 Å². The Morgan fingerprint density at radius 2 is 1.89 bits per heavy atom. The minimum atomic E-state index is -3.11. The van der Waals surface area contributed by atoms with Gasteiger partial charge in [-0.2, -0.15) is 4.31 Å². The largest absolute Gasteiger partial charge is 0.354 e. The van der Waals surface area contributed by atoms with Crippen molar-refractivity contribution in [1.82, 2.24) is 14.3 Å². The Kier molecular flexibility index (Phi) is 4.54. The molecule has 1 aliphatic rings. The molecule has 0 amide bonds. The quantitative estimate of drug-likeness (QED) is 0.468. The number of piperazine rings is 1. The van der Waals surface area contributed by atoms with E-state index in [4.69, 9.17) is 11.6 Å². The van der Waals surface area contributed by atoms with Gasteiger partial charge in [0, 0.05) is 32.2 Å². The van der Waals surface area contributed by atoms with E-state index in [0.29, 0.717) is 36.5 Å². The lowest BCUT2D eigenvalue weighted by molar-refractivity contribution is 0.386. The average Bonchev–Trinajstić information content (AvgIpc) is 2.37. The van der Waals surface area contributed by atoms with Crippen molar-refractivity contribution in [3.05, 3.63) is 11.2 Å². The topological polar surface area (TPSA) is 66.4 Å². The van der Waals surface area contributed by atoms with Crippen LogP contribution in [0.4, 0.5) is 5.82 Å². The first-order chi connectivity index (χ1) is 8.90. The number of nitrogens with zero attached hydrogens (tertiary/aromatic N) is 4. The van der Waals surface area contributed by atoms with Gasteiger partial charge in [-0.3, -0.25) is 0 Å². The number of thioether (sulfide) groups is 1. The van der Waals surface area contributed by atoms with Crippen LogP contribution in [0.3, 0.4) is 0 Å². The first-order valence-corrected chi connectivity index (χ1v) is 9.14. The van der Waals surface area contributed by atoms with Crippen LogP contribution in [-0.2, 0) is 10.0 Å². The fourth-order valence-electron chi connectivity index (χ4n) is 1.89. The van der Waals surface area contributed by atoms with Crippen LogP contribution < -0.4 is 4.90 Å². The van der Waals surface area contributed by atoms with Crippen LogP contribution in [0.2, 0.25) is 5.15 Å². The van der Waals surface area contributed by atoms with Crippen LogP contribution in [0.5, 0.6) is 0 Å². The van der Waals surface area contributed by atoms with E-state index in [1.54, 1.807) is 6.07 Å². The third-order valence-electron chi connectivity index (χ3n) is 2.88. The molecule has 0 aliphatic carbocycles. The zero-order valence-electron chi connectivity index (χ0n) is 10.7. The molecule has 1 saturated heterocycles. The van der Waals surface area contributed by atoms with E-state index in [-0.39, 0.29) is 0 Å². The molecule has 0 spiro atoms. The lowest BCUT2D eigenvalue weighted by atomic mass is 10.3. The van der Waals surface area contributed by atoms with Gasteiger partial charge in [-0.15, -0.1) is 0 Å². The molecule has 0 aromatic carbocycles. The predicted molar refractivity (Wildman–Crippen MR) is 77.5 cm³/mol. The van der Waals surface area contributed by atoms with E-state index in [1.807, 2.05) is 11.2 Å². The molecule has 1 fully saturated rings. The molecule has 0 saturated carbocycles. The van der Waals surface area contributed by atoms with Gasteiger partial charge in [0.25, 0.3) is 0 Å². The monoisotopic (exact) mass is 322 g/mol. The highest BCUT2D eigenvalue weighted by atomic mass is 35.5. The molecule has 2 rings (SSSR count).